The fraction of sp³-hybridized carbons (Fsp3) is 0.273. The Morgan fingerprint density at radius 1 is 1.47 bits per heavy atom. The third-order valence-corrected chi connectivity index (χ3v) is 2.19. The minimum absolute atomic E-state index is 0.234. The van der Waals surface area contributed by atoms with Crippen LogP contribution >= 0.6 is 0 Å². The smallest absolute Gasteiger partial charge is 0.270 e. The number of nitrogens with zero attached hydrogens (tertiary/aromatic N) is 3. The highest BCUT2D eigenvalue weighted by molar-refractivity contribution is 5.94. The zero-order valence-corrected chi connectivity index (χ0v) is 9.38. The van der Waals surface area contributed by atoms with E-state index in [-0.39, 0.29) is 5.91 Å². The van der Waals surface area contributed by atoms with Gasteiger partial charge in [0.05, 0.1) is 6.61 Å². The Hall–Kier alpha value is -2.08. The lowest BCUT2D eigenvalue weighted by molar-refractivity contribution is 0.0932. The third kappa shape index (κ3) is 2.73. The topological polar surface area (TPSA) is 77.0 Å². The molecule has 0 fully saturated rings. The highest BCUT2D eigenvalue weighted by Crippen LogP contribution is 2.07. The van der Waals surface area contributed by atoms with Crippen LogP contribution in [0.2, 0.25) is 0 Å². The molecule has 1 N–H and O–H groups in total. The lowest BCUT2D eigenvalue weighted by Crippen LogP contribution is -2.27. The number of ether oxygens (including phenoxy) is 1. The predicted molar refractivity (Wildman–Crippen MR) is 61.5 cm³/mol. The summed E-state index contributed by atoms with van der Waals surface area (Å²) in [5.41, 5.74) is 0.853. The second-order valence-electron chi connectivity index (χ2n) is 3.38. The molecule has 1 amide bonds. The number of nitrogens with one attached hydrogen (secondary N) is 1. The van der Waals surface area contributed by atoms with Crippen LogP contribution in [0.4, 0.5) is 0 Å². The fourth-order valence-electron chi connectivity index (χ4n) is 1.35. The van der Waals surface area contributed by atoms with Crippen LogP contribution in [0.1, 0.15) is 10.5 Å². The Kier molecular flexibility index (Phi) is 3.56. The van der Waals surface area contributed by atoms with Gasteiger partial charge >= 0.3 is 0 Å². The first-order valence-electron chi connectivity index (χ1n) is 5.15. The first-order valence-corrected chi connectivity index (χ1v) is 5.15. The molecule has 17 heavy (non-hydrogen) atoms. The molecule has 2 aromatic rings. The molecule has 0 aromatic carbocycles. The average molecular weight is 232 g/mol. The van der Waals surface area contributed by atoms with Crippen molar-refractivity contribution in [2.75, 3.05) is 20.3 Å². The van der Waals surface area contributed by atoms with Gasteiger partial charge < -0.3 is 10.1 Å². The first-order chi connectivity index (χ1) is 8.31. The molecular formula is C11H12N4O2. The van der Waals surface area contributed by atoms with Gasteiger partial charge in [0.15, 0.2) is 5.65 Å². The highest BCUT2D eigenvalue weighted by Gasteiger charge is 2.07. The Balaban J connectivity index is 2.15. The summed E-state index contributed by atoms with van der Waals surface area (Å²) in [5, 5.41) is 3.50. The first kappa shape index (κ1) is 11.4. The van der Waals surface area contributed by atoms with Gasteiger partial charge in [-0.3, -0.25) is 4.79 Å². The van der Waals surface area contributed by atoms with Crippen molar-refractivity contribution >= 4 is 16.9 Å². The maximum Gasteiger partial charge on any atom is 0.270 e. The van der Waals surface area contributed by atoms with Crippen LogP contribution in [0.15, 0.2) is 24.7 Å². The minimum atomic E-state index is -0.234. The molecule has 0 unspecified atom stereocenters. The van der Waals surface area contributed by atoms with Crippen LogP contribution in [0, 0.1) is 0 Å². The number of carbonyl (C=O) groups excluding carboxylic acids is 1. The Bertz CT molecular complexity index is 530. The van der Waals surface area contributed by atoms with Gasteiger partial charge in [-0.05, 0) is 12.1 Å². The van der Waals surface area contributed by atoms with Crippen LogP contribution in [-0.2, 0) is 4.74 Å². The quantitative estimate of drug-likeness (QED) is 0.772. The molecule has 6 nitrogen and oxygen atoms in total. The zero-order chi connectivity index (χ0) is 12.1. The maximum absolute atomic E-state index is 11.7. The normalized spacial score (nSPS) is 10.4. The number of fused-ring (bicyclic) bond motifs is 1. The van der Waals surface area contributed by atoms with E-state index >= 15 is 0 Å². The molecule has 0 saturated carbocycles. The lowest BCUT2D eigenvalue weighted by atomic mass is 10.3. The van der Waals surface area contributed by atoms with Crippen molar-refractivity contribution in [2.24, 2.45) is 0 Å². The van der Waals surface area contributed by atoms with Crippen molar-refractivity contribution in [1.82, 2.24) is 20.3 Å². The standard InChI is InChI=1S/C11H12N4O2/c1-17-5-4-13-11(16)9-3-2-8-6-12-7-14-10(8)15-9/h2-3,6-7H,4-5H2,1H3,(H,13,16). The van der Waals surface area contributed by atoms with E-state index < -0.39 is 0 Å². The van der Waals surface area contributed by atoms with Crippen molar-refractivity contribution < 1.29 is 9.53 Å². The van der Waals surface area contributed by atoms with E-state index in [1.807, 2.05) is 0 Å². The molecule has 2 rings (SSSR count). The van der Waals surface area contributed by atoms with E-state index in [9.17, 15) is 4.79 Å². The molecule has 0 spiro atoms. The largest absolute Gasteiger partial charge is 0.383 e. The number of pyridine rings is 1. The summed E-state index contributed by atoms with van der Waals surface area (Å²) < 4.78 is 4.84. The molecule has 0 aliphatic carbocycles. The van der Waals surface area contributed by atoms with E-state index in [1.165, 1.54) is 6.33 Å². The van der Waals surface area contributed by atoms with Gasteiger partial charge in [0.25, 0.3) is 5.91 Å². The van der Waals surface area contributed by atoms with Gasteiger partial charge in [-0.2, -0.15) is 0 Å². The summed E-state index contributed by atoms with van der Waals surface area (Å²) in [6.07, 6.45) is 3.06. The molecule has 0 aliphatic rings. The Morgan fingerprint density at radius 3 is 3.18 bits per heavy atom. The van der Waals surface area contributed by atoms with Crippen LogP contribution < -0.4 is 5.32 Å². The lowest BCUT2D eigenvalue weighted by Gasteiger charge is -2.04. The summed E-state index contributed by atoms with van der Waals surface area (Å²) in [5.74, 6) is -0.234. The minimum Gasteiger partial charge on any atom is -0.383 e. The molecule has 0 saturated heterocycles. The van der Waals surface area contributed by atoms with Crippen molar-refractivity contribution in [2.45, 2.75) is 0 Å². The number of hydrogen-bond acceptors (Lipinski definition) is 5. The van der Waals surface area contributed by atoms with Crippen molar-refractivity contribution in [3.63, 3.8) is 0 Å². The third-order valence-electron chi connectivity index (χ3n) is 2.19. The molecule has 2 heterocycles. The number of hydrogen-bond donors (Lipinski definition) is 1. The van der Waals surface area contributed by atoms with Crippen LogP contribution in [0.5, 0.6) is 0 Å². The van der Waals surface area contributed by atoms with Gasteiger partial charge in [-0.1, -0.05) is 0 Å². The molecule has 2 aromatic heterocycles. The van der Waals surface area contributed by atoms with Gasteiger partial charge in [0.1, 0.15) is 12.0 Å². The van der Waals surface area contributed by atoms with Gasteiger partial charge in [-0.15, -0.1) is 0 Å². The summed E-state index contributed by atoms with van der Waals surface area (Å²) >= 11 is 0. The molecule has 0 atom stereocenters. The van der Waals surface area contributed by atoms with Crippen molar-refractivity contribution in [1.29, 1.82) is 0 Å². The predicted octanol–water partition coefficient (Wildman–Crippen LogP) is 0.401. The second-order valence-corrected chi connectivity index (χ2v) is 3.38. The molecule has 6 heteroatoms. The van der Waals surface area contributed by atoms with Crippen molar-refractivity contribution in [3.8, 4) is 0 Å². The summed E-state index contributed by atoms with van der Waals surface area (Å²) in [6.45, 7) is 0.931. The fourth-order valence-corrected chi connectivity index (χ4v) is 1.35. The van der Waals surface area contributed by atoms with Crippen molar-refractivity contribution in [3.05, 3.63) is 30.4 Å². The van der Waals surface area contributed by atoms with E-state index in [0.717, 1.165) is 5.39 Å². The van der Waals surface area contributed by atoms with Gasteiger partial charge in [0.2, 0.25) is 0 Å². The summed E-state index contributed by atoms with van der Waals surface area (Å²) in [4.78, 5) is 23.7. The van der Waals surface area contributed by atoms with E-state index in [1.54, 1.807) is 25.4 Å². The molecule has 0 aliphatic heterocycles. The van der Waals surface area contributed by atoms with E-state index in [2.05, 4.69) is 20.3 Å². The Labute approximate surface area is 98.1 Å². The number of aromatic nitrogens is 3. The Morgan fingerprint density at radius 2 is 2.35 bits per heavy atom. The van der Waals surface area contributed by atoms with Crippen LogP contribution in [0.25, 0.3) is 11.0 Å². The molecule has 88 valence electrons. The monoisotopic (exact) mass is 232 g/mol. The summed E-state index contributed by atoms with van der Waals surface area (Å²) in [7, 11) is 1.58. The van der Waals surface area contributed by atoms with Gasteiger partial charge in [0, 0.05) is 25.2 Å². The van der Waals surface area contributed by atoms with E-state index in [0.29, 0.717) is 24.5 Å². The number of rotatable bonds is 4. The number of methoxy groups -OCH3 is 1. The SMILES string of the molecule is COCCNC(=O)c1ccc2cncnc2n1. The average Bonchev–Trinajstić information content (AvgIpc) is 2.38. The van der Waals surface area contributed by atoms with Gasteiger partial charge in [-0.25, -0.2) is 15.0 Å². The van der Waals surface area contributed by atoms with Crippen LogP contribution in [-0.4, -0.2) is 41.1 Å². The molecule has 0 bridgehead atoms. The number of carbonyl (C=O) groups is 1. The molecule has 0 radical (unpaired) electrons. The second kappa shape index (κ2) is 5.31. The highest BCUT2D eigenvalue weighted by atomic mass is 16.5. The maximum atomic E-state index is 11.7. The van der Waals surface area contributed by atoms with Crippen LogP contribution in [0.3, 0.4) is 0 Å². The van der Waals surface area contributed by atoms with E-state index in [4.69, 9.17) is 4.74 Å². The zero-order valence-electron chi connectivity index (χ0n) is 9.38. The summed E-state index contributed by atoms with van der Waals surface area (Å²) in [6, 6.07) is 3.42. The number of amides is 1. The molecular weight excluding hydrogens is 220 g/mol.